The van der Waals surface area contributed by atoms with Crippen LogP contribution in [0.25, 0.3) is 0 Å². The maximum atomic E-state index is 12.9. The van der Waals surface area contributed by atoms with Crippen molar-refractivity contribution in [2.75, 3.05) is 32.8 Å². The summed E-state index contributed by atoms with van der Waals surface area (Å²) in [6, 6.07) is 9.20. The predicted molar refractivity (Wildman–Crippen MR) is 113 cm³/mol. The topological polar surface area (TPSA) is 49.9 Å². The molecule has 1 fully saturated rings. The molecule has 0 spiro atoms. The average Bonchev–Trinajstić information content (AvgIpc) is 3.34. The van der Waals surface area contributed by atoms with Gasteiger partial charge in [-0.3, -0.25) is 0 Å². The third-order valence-corrected chi connectivity index (χ3v) is 8.48. The minimum absolute atomic E-state index is 0.372. The molecule has 4 rings (SSSR count). The molecule has 28 heavy (non-hydrogen) atoms. The fraction of sp³-hybridized carbons (Fsp3) is 0.524. The van der Waals surface area contributed by atoms with Crippen LogP contribution in [0.2, 0.25) is 0 Å². The van der Waals surface area contributed by atoms with Gasteiger partial charge in [0, 0.05) is 24.5 Å². The zero-order chi connectivity index (χ0) is 19.6. The zero-order valence-corrected chi connectivity index (χ0v) is 18.0. The Bertz CT molecular complexity index is 900. The predicted octanol–water partition coefficient (Wildman–Crippen LogP) is 3.67. The van der Waals surface area contributed by atoms with Crippen LogP contribution < -0.4 is 4.74 Å². The summed E-state index contributed by atoms with van der Waals surface area (Å²) in [6.45, 7) is 7.19. The van der Waals surface area contributed by atoms with Crippen molar-refractivity contribution in [2.45, 2.75) is 44.0 Å². The lowest BCUT2D eigenvalue weighted by Gasteiger charge is -2.26. The van der Waals surface area contributed by atoms with Gasteiger partial charge in [0.05, 0.1) is 11.5 Å². The Morgan fingerprint density at radius 3 is 2.61 bits per heavy atom. The van der Waals surface area contributed by atoms with Crippen LogP contribution in [0.3, 0.4) is 0 Å². The molecule has 0 radical (unpaired) electrons. The Labute approximate surface area is 172 Å². The van der Waals surface area contributed by atoms with Crippen molar-refractivity contribution in [3.05, 3.63) is 46.3 Å². The van der Waals surface area contributed by atoms with Crippen molar-refractivity contribution in [1.82, 2.24) is 9.21 Å². The molecular formula is C21H28N2O3S2. The van der Waals surface area contributed by atoms with Gasteiger partial charge in [-0.15, -0.1) is 11.3 Å². The highest BCUT2D eigenvalue weighted by Gasteiger charge is 2.29. The lowest BCUT2D eigenvalue weighted by Crippen LogP contribution is -2.35. The molecule has 1 aromatic heterocycles. The number of aryl methyl sites for hydroxylation is 1. The minimum atomic E-state index is -3.45. The molecule has 2 aliphatic heterocycles. The van der Waals surface area contributed by atoms with Crippen LogP contribution in [0, 0.1) is 6.92 Å². The fourth-order valence-electron chi connectivity index (χ4n) is 3.87. The highest BCUT2D eigenvalue weighted by atomic mass is 32.2. The monoisotopic (exact) mass is 420 g/mol. The second-order valence-electron chi connectivity index (χ2n) is 7.67. The van der Waals surface area contributed by atoms with E-state index < -0.39 is 10.0 Å². The number of fused-ring (bicyclic) bond motifs is 1. The molecule has 0 N–H and O–H groups in total. The highest BCUT2D eigenvalue weighted by molar-refractivity contribution is 7.89. The number of sulfonamides is 1. The summed E-state index contributed by atoms with van der Waals surface area (Å²) < 4.78 is 33.4. The van der Waals surface area contributed by atoms with E-state index in [4.69, 9.17) is 4.74 Å². The van der Waals surface area contributed by atoms with Crippen LogP contribution in [0.5, 0.6) is 5.06 Å². The first-order chi connectivity index (χ1) is 13.5. The van der Waals surface area contributed by atoms with E-state index in [1.165, 1.54) is 31.5 Å². The third-order valence-electron chi connectivity index (χ3n) is 5.54. The minimum Gasteiger partial charge on any atom is -0.484 e. The van der Waals surface area contributed by atoms with Gasteiger partial charge < -0.3 is 9.64 Å². The smallest absolute Gasteiger partial charge is 0.243 e. The van der Waals surface area contributed by atoms with Crippen molar-refractivity contribution in [1.29, 1.82) is 0 Å². The number of ether oxygens (including phenoxy) is 1. The van der Waals surface area contributed by atoms with Gasteiger partial charge in [-0.1, -0.05) is 17.7 Å². The lowest BCUT2D eigenvalue weighted by atomic mass is 10.1. The summed E-state index contributed by atoms with van der Waals surface area (Å²) in [5, 5.41) is 0.918. The van der Waals surface area contributed by atoms with Gasteiger partial charge in [-0.2, -0.15) is 4.31 Å². The van der Waals surface area contributed by atoms with Gasteiger partial charge in [0.2, 0.25) is 10.0 Å². The average molecular weight is 421 g/mol. The van der Waals surface area contributed by atoms with Gasteiger partial charge in [0.15, 0.2) is 5.06 Å². The molecule has 0 unspecified atom stereocenters. The molecule has 2 aromatic rings. The molecule has 3 heterocycles. The standard InChI is InChI=1S/C21H28N2O3S2/c1-17-5-7-19(8-6-17)28(24,25)23-13-9-18-15-21(27-20(18)16-23)26-14-4-12-22-10-2-3-11-22/h5-8,15H,2-4,9-14,16H2,1H3. The molecule has 152 valence electrons. The Hall–Kier alpha value is -1.41. The Balaban J connectivity index is 1.35. The van der Waals surface area contributed by atoms with E-state index in [1.54, 1.807) is 27.8 Å². The molecule has 1 saturated heterocycles. The van der Waals surface area contributed by atoms with Crippen molar-refractivity contribution in [3.8, 4) is 5.06 Å². The fourth-order valence-corrected chi connectivity index (χ4v) is 6.46. The first-order valence-electron chi connectivity index (χ1n) is 10.1. The van der Waals surface area contributed by atoms with E-state index in [0.29, 0.717) is 18.0 Å². The van der Waals surface area contributed by atoms with Gasteiger partial charge in [0.25, 0.3) is 0 Å². The Kier molecular flexibility index (Phi) is 6.06. The van der Waals surface area contributed by atoms with Crippen LogP contribution in [0.1, 0.15) is 35.3 Å². The van der Waals surface area contributed by atoms with Crippen LogP contribution in [-0.4, -0.2) is 50.4 Å². The normalized spacial score (nSPS) is 18.3. The maximum absolute atomic E-state index is 12.9. The molecule has 0 aliphatic carbocycles. The Morgan fingerprint density at radius 1 is 1.11 bits per heavy atom. The van der Waals surface area contributed by atoms with Gasteiger partial charge in [-0.25, -0.2) is 8.42 Å². The van der Waals surface area contributed by atoms with E-state index in [2.05, 4.69) is 11.0 Å². The van der Waals surface area contributed by atoms with Crippen molar-refractivity contribution >= 4 is 21.4 Å². The number of hydrogen-bond donors (Lipinski definition) is 0. The van der Waals surface area contributed by atoms with E-state index in [1.807, 2.05) is 19.1 Å². The highest BCUT2D eigenvalue weighted by Crippen LogP contribution is 2.35. The van der Waals surface area contributed by atoms with Crippen LogP contribution in [-0.2, 0) is 23.0 Å². The third kappa shape index (κ3) is 4.43. The zero-order valence-electron chi connectivity index (χ0n) is 16.4. The molecule has 1 aromatic carbocycles. The molecular weight excluding hydrogens is 392 g/mol. The molecule has 7 heteroatoms. The first kappa shape index (κ1) is 19.9. The van der Waals surface area contributed by atoms with E-state index in [9.17, 15) is 8.42 Å². The number of nitrogens with zero attached hydrogens (tertiary/aromatic N) is 2. The van der Waals surface area contributed by atoms with Crippen molar-refractivity contribution in [3.63, 3.8) is 0 Å². The summed E-state index contributed by atoms with van der Waals surface area (Å²) in [7, 11) is -3.45. The van der Waals surface area contributed by atoms with Crippen molar-refractivity contribution in [2.24, 2.45) is 0 Å². The van der Waals surface area contributed by atoms with Gasteiger partial charge in [-0.05, 0) is 69.5 Å². The second kappa shape index (κ2) is 8.53. The summed E-state index contributed by atoms with van der Waals surface area (Å²) in [4.78, 5) is 3.98. The number of rotatable bonds is 7. The SMILES string of the molecule is Cc1ccc(S(=O)(=O)N2CCc3cc(OCCCN4CCCC4)sc3C2)cc1. The lowest BCUT2D eigenvalue weighted by molar-refractivity contribution is 0.268. The van der Waals surface area contributed by atoms with E-state index >= 15 is 0 Å². The number of thiophene rings is 1. The van der Waals surface area contributed by atoms with E-state index in [0.717, 1.165) is 41.5 Å². The molecule has 0 amide bonds. The molecule has 0 bridgehead atoms. The van der Waals surface area contributed by atoms with E-state index in [-0.39, 0.29) is 0 Å². The Morgan fingerprint density at radius 2 is 1.86 bits per heavy atom. The van der Waals surface area contributed by atoms with Gasteiger partial charge >= 0.3 is 0 Å². The number of likely N-dealkylation sites (tertiary alicyclic amines) is 1. The molecule has 0 saturated carbocycles. The van der Waals surface area contributed by atoms with Crippen LogP contribution >= 0.6 is 11.3 Å². The van der Waals surface area contributed by atoms with Crippen LogP contribution in [0.4, 0.5) is 0 Å². The summed E-state index contributed by atoms with van der Waals surface area (Å²) in [6.07, 6.45) is 4.42. The molecule has 2 aliphatic rings. The second-order valence-corrected chi connectivity index (χ2v) is 10.7. The first-order valence-corrected chi connectivity index (χ1v) is 12.3. The summed E-state index contributed by atoms with van der Waals surface area (Å²) in [5.74, 6) is 0. The molecule has 0 atom stereocenters. The van der Waals surface area contributed by atoms with Gasteiger partial charge in [0.1, 0.15) is 0 Å². The van der Waals surface area contributed by atoms with Crippen molar-refractivity contribution < 1.29 is 13.2 Å². The number of benzene rings is 1. The molecule has 5 nitrogen and oxygen atoms in total. The maximum Gasteiger partial charge on any atom is 0.243 e. The largest absolute Gasteiger partial charge is 0.484 e. The summed E-state index contributed by atoms with van der Waals surface area (Å²) >= 11 is 1.59. The number of hydrogen-bond acceptors (Lipinski definition) is 5. The summed E-state index contributed by atoms with van der Waals surface area (Å²) in [5.41, 5.74) is 2.29. The van der Waals surface area contributed by atoms with Crippen LogP contribution in [0.15, 0.2) is 35.2 Å². The quantitative estimate of drug-likeness (QED) is 0.642.